The molecule has 29 heavy (non-hydrogen) atoms. The number of pyridine rings is 1. The molecule has 2 heterocycles. The van der Waals surface area contributed by atoms with Crippen LogP contribution < -0.4 is 5.32 Å². The number of nitrogens with zero attached hydrogens (tertiary/aromatic N) is 2. The van der Waals surface area contributed by atoms with E-state index in [1.165, 1.54) is 24.6 Å². The molecule has 2 aromatic heterocycles. The SMILES string of the molecule is Cc1ccc(-c2ncco2)cc1-c1ccc(NC(=O)c2ccc(Cl)cc2F)cn1. The summed E-state index contributed by atoms with van der Waals surface area (Å²) in [6.45, 7) is 1.98. The fourth-order valence-electron chi connectivity index (χ4n) is 2.90. The first-order valence-electron chi connectivity index (χ1n) is 8.74. The molecule has 0 aliphatic carbocycles. The van der Waals surface area contributed by atoms with E-state index in [9.17, 15) is 9.18 Å². The first-order chi connectivity index (χ1) is 14.0. The third-order valence-electron chi connectivity index (χ3n) is 4.39. The zero-order valence-electron chi connectivity index (χ0n) is 15.3. The summed E-state index contributed by atoms with van der Waals surface area (Å²) >= 11 is 5.72. The predicted molar refractivity (Wildman–Crippen MR) is 109 cm³/mol. The number of amides is 1. The van der Waals surface area contributed by atoms with E-state index in [0.717, 1.165) is 28.5 Å². The van der Waals surface area contributed by atoms with Crippen molar-refractivity contribution in [2.75, 3.05) is 5.32 Å². The molecule has 2 aromatic carbocycles. The quantitative estimate of drug-likeness (QED) is 0.467. The number of carbonyl (C=O) groups excluding carboxylic acids is 1. The van der Waals surface area contributed by atoms with Gasteiger partial charge in [0.05, 0.1) is 29.3 Å². The van der Waals surface area contributed by atoms with E-state index in [4.69, 9.17) is 16.0 Å². The Balaban J connectivity index is 1.57. The van der Waals surface area contributed by atoms with Gasteiger partial charge in [0.25, 0.3) is 5.91 Å². The van der Waals surface area contributed by atoms with Gasteiger partial charge in [-0.2, -0.15) is 0 Å². The van der Waals surface area contributed by atoms with Gasteiger partial charge in [-0.3, -0.25) is 9.78 Å². The van der Waals surface area contributed by atoms with Crippen LogP contribution in [-0.2, 0) is 0 Å². The summed E-state index contributed by atoms with van der Waals surface area (Å²) in [5.74, 6) is -0.727. The summed E-state index contributed by atoms with van der Waals surface area (Å²) in [5, 5.41) is 2.87. The van der Waals surface area contributed by atoms with Crippen molar-refractivity contribution in [1.82, 2.24) is 9.97 Å². The number of hydrogen-bond acceptors (Lipinski definition) is 4. The molecule has 0 bridgehead atoms. The van der Waals surface area contributed by atoms with Crippen LogP contribution in [0.25, 0.3) is 22.7 Å². The summed E-state index contributed by atoms with van der Waals surface area (Å²) in [6.07, 6.45) is 4.64. The number of carbonyl (C=O) groups is 1. The molecule has 0 atom stereocenters. The van der Waals surface area contributed by atoms with Gasteiger partial charge in [0.1, 0.15) is 12.1 Å². The highest BCUT2D eigenvalue weighted by Gasteiger charge is 2.13. The highest BCUT2D eigenvalue weighted by Crippen LogP contribution is 2.28. The highest BCUT2D eigenvalue weighted by molar-refractivity contribution is 6.30. The van der Waals surface area contributed by atoms with E-state index in [1.54, 1.807) is 18.3 Å². The van der Waals surface area contributed by atoms with E-state index in [2.05, 4.69) is 15.3 Å². The van der Waals surface area contributed by atoms with E-state index >= 15 is 0 Å². The molecule has 7 heteroatoms. The topological polar surface area (TPSA) is 68.0 Å². The molecule has 0 fully saturated rings. The Kier molecular flexibility index (Phi) is 5.10. The molecular weight excluding hydrogens is 393 g/mol. The molecule has 1 N–H and O–H groups in total. The first-order valence-corrected chi connectivity index (χ1v) is 9.12. The lowest BCUT2D eigenvalue weighted by Gasteiger charge is -2.09. The summed E-state index contributed by atoms with van der Waals surface area (Å²) in [5.41, 5.74) is 3.89. The maximum Gasteiger partial charge on any atom is 0.258 e. The van der Waals surface area contributed by atoms with Gasteiger partial charge < -0.3 is 9.73 Å². The number of hydrogen-bond donors (Lipinski definition) is 1. The highest BCUT2D eigenvalue weighted by atomic mass is 35.5. The standard InChI is InChI=1S/C22H15ClFN3O2/c1-13-2-3-14(22-25-8-9-29-22)10-18(13)20-7-5-16(12-26-20)27-21(28)17-6-4-15(23)11-19(17)24/h2-12H,1H3,(H,27,28). The molecule has 0 aliphatic rings. The van der Waals surface area contributed by atoms with Crippen molar-refractivity contribution < 1.29 is 13.6 Å². The summed E-state index contributed by atoms with van der Waals surface area (Å²) in [4.78, 5) is 20.9. The number of aryl methyl sites for hydroxylation is 1. The normalized spacial score (nSPS) is 10.7. The first kappa shape index (κ1) is 18.8. The molecule has 0 saturated heterocycles. The zero-order valence-corrected chi connectivity index (χ0v) is 16.1. The number of aromatic nitrogens is 2. The molecule has 144 valence electrons. The molecule has 0 radical (unpaired) electrons. The third kappa shape index (κ3) is 4.02. The number of benzene rings is 2. The minimum Gasteiger partial charge on any atom is -0.445 e. The maximum absolute atomic E-state index is 13.9. The number of nitrogens with one attached hydrogen (secondary N) is 1. The van der Waals surface area contributed by atoms with Gasteiger partial charge in [-0.15, -0.1) is 0 Å². The Morgan fingerprint density at radius 3 is 2.66 bits per heavy atom. The largest absolute Gasteiger partial charge is 0.445 e. The van der Waals surface area contributed by atoms with Crippen molar-refractivity contribution >= 4 is 23.2 Å². The van der Waals surface area contributed by atoms with Crippen LogP contribution >= 0.6 is 11.6 Å². The molecule has 4 aromatic rings. The molecule has 0 saturated carbocycles. The fourth-order valence-corrected chi connectivity index (χ4v) is 3.05. The van der Waals surface area contributed by atoms with E-state index < -0.39 is 11.7 Å². The average molecular weight is 408 g/mol. The molecule has 4 rings (SSSR count). The second-order valence-corrected chi connectivity index (χ2v) is 6.81. The lowest BCUT2D eigenvalue weighted by molar-refractivity contribution is 0.102. The average Bonchev–Trinajstić information content (AvgIpc) is 3.24. The Morgan fingerprint density at radius 1 is 1.10 bits per heavy atom. The summed E-state index contributed by atoms with van der Waals surface area (Å²) < 4.78 is 19.3. The second kappa shape index (κ2) is 7.85. The zero-order chi connectivity index (χ0) is 20.4. The van der Waals surface area contributed by atoms with Crippen molar-refractivity contribution in [3.63, 3.8) is 0 Å². The fraction of sp³-hybridized carbons (Fsp3) is 0.0455. The molecule has 0 unspecified atom stereocenters. The van der Waals surface area contributed by atoms with Crippen LogP contribution in [0.1, 0.15) is 15.9 Å². The Hall–Kier alpha value is -3.51. The van der Waals surface area contributed by atoms with Crippen LogP contribution in [0.15, 0.2) is 71.6 Å². The number of halogens is 2. The number of oxazole rings is 1. The number of rotatable bonds is 4. The van der Waals surface area contributed by atoms with E-state index in [1.807, 2.05) is 25.1 Å². The van der Waals surface area contributed by atoms with Crippen LogP contribution in [0, 0.1) is 12.7 Å². The molecule has 1 amide bonds. The van der Waals surface area contributed by atoms with Gasteiger partial charge >= 0.3 is 0 Å². The van der Waals surface area contributed by atoms with Crippen LogP contribution in [0.2, 0.25) is 5.02 Å². The van der Waals surface area contributed by atoms with Gasteiger partial charge in [-0.25, -0.2) is 9.37 Å². The summed E-state index contributed by atoms with van der Waals surface area (Å²) in [6, 6.07) is 13.2. The second-order valence-electron chi connectivity index (χ2n) is 6.38. The Bertz CT molecular complexity index is 1180. The minimum absolute atomic E-state index is 0.0898. The smallest absolute Gasteiger partial charge is 0.258 e. The lowest BCUT2D eigenvalue weighted by atomic mass is 10.0. The monoisotopic (exact) mass is 407 g/mol. The van der Waals surface area contributed by atoms with Crippen molar-refractivity contribution in [2.24, 2.45) is 0 Å². The number of anilines is 1. The Morgan fingerprint density at radius 2 is 1.97 bits per heavy atom. The van der Waals surface area contributed by atoms with Gasteiger partial charge in [-0.05, 0) is 55.0 Å². The van der Waals surface area contributed by atoms with Gasteiger partial charge in [0.2, 0.25) is 5.89 Å². The van der Waals surface area contributed by atoms with Crippen molar-refractivity contribution in [2.45, 2.75) is 6.92 Å². The lowest BCUT2D eigenvalue weighted by Crippen LogP contribution is -2.13. The van der Waals surface area contributed by atoms with Crippen LogP contribution in [0.4, 0.5) is 10.1 Å². The van der Waals surface area contributed by atoms with Gasteiger partial charge in [0.15, 0.2) is 0 Å². The molecular formula is C22H15ClFN3O2. The predicted octanol–water partition coefficient (Wildman–Crippen LogP) is 5.76. The van der Waals surface area contributed by atoms with Crippen molar-refractivity contribution in [1.29, 1.82) is 0 Å². The van der Waals surface area contributed by atoms with Crippen molar-refractivity contribution in [3.05, 3.63) is 89.2 Å². The van der Waals surface area contributed by atoms with Gasteiger partial charge in [-0.1, -0.05) is 17.7 Å². The molecule has 0 aliphatic heterocycles. The molecule has 0 spiro atoms. The van der Waals surface area contributed by atoms with Crippen LogP contribution in [-0.4, -0.2) is 15.9 Å². The van der Waals surface area contributed by atoms with Crippen LogP contribution in [0.3, 0.4) is 0 Å². The maximum atomic E-state index is 13.9. The molecule has 5 nitrogen and oxygen atoms in total. The van der Waals surface area contributed by atoms with Crippen LogP contribution in [0.5, 0.6) is 0 Å². The van der Waals surface area contributed by atoms with E-state index in [0.29, 0.717) is 11.6 Å². The minimum atomic E-state index is -0.682. The van der Waals surface area contributed by atoms with Crippen molar-refractivity contribution in [3.8, 4) is 22.7 Å². The summed E-state index contributed by atoms with van der Waals surface area (Å²) in [7, 11) is 0. The van der Waals surface area contributed by atoms with Gasteiger partial charge in [0, 0.05) is 16.1 Å². The Labute approximate surface area is 171 Å². The third-order valence-corrected chi connectivity index (χ3v) is 4.62. The van der Waals surface area contributed by atoms with E-state index in [-0.39, 0.29) is 10.6 Å².